The molecular formula is C14H18N2S2. The van der Waals surface area contributed by atoms with E-state index in [2.05, 4.69) is 48.3 Å². The van der Waals surface area contributed by atoms with Crippen molar-refractivity contribution in [3.8, 4) is 0 Å². The van der Waals surface area contributed by atoms with E-state index in [0.29, 0.717) is 5.92 Å². The highest BCUT2D eigenvalue weighted by atomic mass is 32.2. The van der Waals surface area contributed by atoms with Crippen molar-refractivity contribution >= 4 is 23.1 Å². The Morgan fingerprint density at radius 1 is 1.22 bits per heavy atom. The van der Waals surface area contributed by atoms with Crippen molar-refractivity contribution in [3.05, 3.63) is 40.4 Å². The molecule has 4 heteroatoms. The second kappa shape index (κ2) is 6.34. The van der Waals surface area contributed by atoms with Crippen LogP contribution in [0.1, 0.15) is 42.3 Å². The molecule has 1 atom stereocenters. The molecule has 2 rings (SSSR count). The molecule has 0 aliphatic carbocycles. The molecule has 0 saturated carbocycles. The highest BCUT2D eigenvalue weighted by Crippen LogP contribution is 2.26. The van der Waals surface area contributed by atoms with Gasteiger partial charge in [-0.1, -0.05) is 61.2 Å². The van der Waals surface area contributed by atoms with E-state index in [1.807, 2.05) is 6.92 Å². The van der Waals surface area contributed by atoms with Gasteiger partial charge in [-0.2, -0.15) is 0 Å². The third-order valence-electron chi connectivity index (χ3n) is 3.03. The lowest BCUT2D eigenvalue weighted by Crippen LogP contribution is -1.91. The van der Waals surface area contributed by atoms with Gasteiger partial charge in [-0.05, 0) is 30.4 Å². The maximum absolute atomic E-state index is 4.12. The highest BCUT2D eigenvalue weighted by Gasteiger charge is 2.04. The number of hydrogen-bond donors (Lipinski definition) is 0. The van der Waals surface area contributed by atoms with Gasteiger partial charge in [0.15, 0.2) is 4.34 Å². The molecule has 1 heterocycles. The van der Waals surface area contributed by atoms with Crippen LogP contribution in [0.3, 0.4) is 0 Å². The fourth-order valence-electron chi connectivity index (χ4n) is 1.66. The second-order valence-corrected chi connectivity index (χ2v) is 6.83. The van der Waals surface area contributed by atoms with Gasteiger partial charge >= 0.3 is 0 Å². The van der Waals surface area contributed by atoms with E-state index in [0.717, 1.165) is 15.1 Å². The summed E-state index contributed by atoms with van der Waals surface area (Å²) in [5.41, 5.74) is 2.78. The molecule has 0 fully saturated rings. The smallest absolute Gasteiger partial charge is 0.143 e. The highest BCUT2D eigenvalue weighted by molar-refractivity contribution is 8.00. The van der Waals surface area contributed by atoms with Crippen LogP contribution in [0, 0.1) is 6.92 Å². The van der Waals surface area contributed by atoms with E-state index in [1.165, 1.54) is 17.5 Å². The topological polar surface area (TPSA) is 25.8 Å². The first-order valence-electron chi connectivity index (χ1n) is 6.20. The van der Waals surface area contributed by atoms with Crippen LogP contribution in [0.25, 0.3) is 0 Å². The average molecular weight is 278 g/mol. The van der Waals surface area contributed by atoms with Crippen LogP contribution in [0.2, 0.25) is 0 Å². The molecule has 0 aliphatic rings. The molecule has 0 bridgehead atoms. The predicted octanol–water partition coefficient (Wildman–Crippen LogP) is 4.65. The van der Waals surface area contributed by atoms with Gasteiger partial charge in [0.25, 0.3) is 0 Å². The summed E-state index contributed by atoms with van der Waals surface area (Å²) < 4.78 is 1.05. The Morgan fingerprint density at radius 3 is 2.50 bits per heavy atom. The fourth-order valence-corrected chi connectivity index (χ4v) is 3.43. The van der Waals surface area contributed by atoms with E-state index in [1.54, 1.807) is 23.1 Å². The molecule has 0 N–H and O–H groups in total. The molecular weight excluding hydrogens is 260 g/mol. The van der Waals surface area contributed by atoms with Gasteiger partial charge < -0.3 is 0 Å². The van der Waals surface area contributed by atoms with Gasteiger partial charge in [0.1, 0.15) is 5.01 Å². The molecule has 1 aromatic heterocycles. The van der Waals surface area contributed by atoms with Gasteiger partial charge in [-0.3, -0.25) is 0 Å². The van der Waals surface area contributed by atoms with E-state index in [-0.39, 0.29) is 0 Å². The van der Waals surface area contributed by atoms with Gasteiger partial charge in [0.05, 0.1) is 0 Å². The Labute approximate surface area is 117 Å². The molecule has 0 spiro atoms. The predicted molar refractivity (Wildman–Crippen MR) is 79.4 cm³/mol. The van der Waals surface area contributed by atoms with Crippen molar-refractivity contribution in [1.29, 1.82) is 0 Å². The average Bonchev–Trinajstić information content (AvgIpc) is 2.82. The van der Waals surface area contributed by atoms with Crippen LogP contribution in [-0.2, 0) is 5.75 Å². The van der Waals surface area contributed by atoms with E-state index in [4.69, 9.17) is 0 Å². The number of aryl methyl sites for hydroxylation is 1. The third-order valence-corrected chi connectivity index (χ3v) is 5.07. The Balaban J connectivity index is 1.94. The zero-order chi connectivity index (χ0) is 13.0. The van der Waals surface area contributed by atoms with Gasteiger partial charge in [0.2, 0.25) is 0 Å². The molecule has 1 unspecified atom stereocenters. The van der Waals surface area contributed by atoms with Crippen molar-refractivity contribution < 1.29 is 0 Å². The first-order valence-corrected chi connectivity index (χ1v) is 8.01. The third kappa shape index (κ3) is 3.56. The Kier molecular flexibility index (Phi) is 4.78. The first-order chi connectivity index (χ1) is 8.69. The maximum Gasteiger partial charge on any atom is 0.174 e. The number of thioether (sulfide) groups is 1. The van der Waals surface area contributed by atoms with Crippen LogP contribution < -0.4 is 0 Å². The molecule has 0 radical (unpaired) electrons. The lowest BCUT2D eigenvalue weighted by atomic mass is 9.98. The van der Waals surface area contributed by atoms with Crippen molar-refractivity contribution in [3.63, 3.8) is 0 Å². The monoisotopic (exact) mass is 278 g/mol. The molecule has 0 amide bonds. The van der Waals surface area contributed by atoms with E-state index in [9.17, 15) is 0 Å². The SMILES string of the molecule is CCC(C)c1ccc(CSc2nnc(C)s2)cc1. The summed E-state index contributed by atoms with van der Waals surface area (Å²) in [6.07, 6.45) is 1.19. The molecule has 0 aliphatic heterocycles. The second-order valence-electron chi connectivity index (χ2n) is 4.43. The van der Waals surface area contributed by atoms with Crippen LogP contribution >= 0.6 is 23.1 Å². The lowest BCUT2D eigenvalue weighted by molar-refractivity contribution is 0.733. The Morgan fingerprint density at radius 2 is 1.94 bits per heavy atom. The number of aromatic nitrogens is 2. The van der Waals surface area contributed by atoms with Crippen molar-refractivity contribution in [2.45, 2.75) is 43.2 Å². The first kappa shape index (κ1) is 13.6. The summed E-state index contributed by atoms with van der Waals surface area (Å²) in [7, 11) is 0. The normalized spacial score (nSPS) is 12.6. The fraction of sp³-hybridized carbons (Fsp3) is 0.429. The molecule has 2 nitrogen and oxygen atoms in total. The van der Waals surface area contributed by atoms with Gasteiger partial charge in [-0.25, -0.2) is 0 Å². The quantitative estimate of drug-likeness (QED) is 0.744. The zero-order valence-electron chi connectivity index (χ0n) is 11.0. The minimum atomic E-state index is 0.650. The van der Waals surface area contributed by atoms with Crippen molar-refractivity contribution in [2.75, 3.05) is 0 Å². The summed E-state index contributed by atoms with van der Waals surface area (Å²) in [4.78, 5) is 0. The molecule has 2 aromatic rings. The van der Waals surface area contributed by atoms with Crippen molar-refractivity contribution in [1.82, 2.24) is 10.2 Å². The van der Waals surface area contributed by atoms with E-state index >= 15 is 0 Å². The van der Waals surface area contributed by atoms with Crippen LogP contribution in [-0.4, -0.2) is 10.2 Å². The number of nitrogens with zero attached hydrogens (tertiary/aromatic N) is 2. The number of hydrogen-bond acceptors (Lipinski definition) is 4. The number of benzene rings is 1. The van der Waals surface area contributed by atoms with Gasteiger partial charge in [0, 0.05) is 5.75 Å². The largest absolute Gasteiger partial charge is 0.174 e. The minimum Gasteiger partial charge on any atom is -0.143 e. The summed E-state index contributed by atoms with van der Waals surface area (Å²) in [6.45, 7) is 6.49. The minimum absolute atomic E-state index is 0.650. The Bertz CT molecular complexity index is 491. The maximum atomic E-state index is 4.12. The summed E-state index contributed by atoms with van der Waals surface area (Å²) in [5.74, 6) is 1.62. The van der Waals surface area contributed by atoms with Crippen molar-refractivity contribution in [2.24, 2.45) is 0 Å². The molecule has 0 saturated heterocycles. The molecule has 18 heavy (non-hydrogen) atoms. The van der Waals surface area contributed by atoms with Crippen LogP contribution in [0.4, 0.5) is 0 Å². The number of rotatable bonds is 5. The Hall–Kier alpha value is -0.870. The van der Waals surface area contributed by atoms with Crippen LogP contribution in [0.5, 0.6) is 0 Å². The van der Waals surface area contributed by atoms with Gasteiger partial charge in [-0.15, -0.1) is 10.2 Å². The summed E-state index contributed by atoms with van der Waals surface area (Å²) >= 11 is 3.42. The standard InChI is InChI=1S/C14H18N2S2/c1-4-10(2)13-7-5-12(6-8-13)9-17-14-16-15-11(3)18-14/h5-8,10H,4,9H2,1-3H3. The molecule has 1 aromatic carbocycles. The van der Waals surface area contributed by atoms with Crippen LogP contribution in [0.15, 0.2) is 28.6 Å². The molecule has 96 valence electrons. The summed E-state index contributed by atoms with van der Waals surface area (Å²) in [5, 5.41) is 9.18. The summed E-state index contributed by atoms with van der Waals surface area (Å²) in [6, 6.07) is 8.94. The zero-order valence-corrected chi connectivity index (χ0v) is 12.6. The van der Waals surface area contributed by atoms with E-state index < -0.39 is 0 Å². The lowest BCUT2D eigenvalue weighted by Gasteiger charge is -2.09.